The number of carbonyl (C=O) groups excluding carboxylic acids is 1. The van der Waals surface area contributed by atoms with Crippen molar-refractivity contribution in [1.29, 1.82) is 0 Å². The summed E-state index contributed by atoms with van der Waals surface area (Å²) in [7, 11) is -3.70. The molecule has 0 unspecified atom stereocenters. The van der Waals surface area contributed by atoms with Crippen molar-refractivity contribution >= 4 is 26.9 Å². The summed E-state index contributed by atoms with van der Waals surface area (Å²) in [6.45, 7) is 4.01. The van der Waals surface area contributed by atoms with Crippen molar-refractivity contribution < 1.29 is 30.8 Å². The molecule has 1 aliphatic heterocycles. The third-order valence-electron chi connectivity index (χ3n) is 5.90. The number of nitrogens with one attached hydrogen (secondary N) is 1. The Morgan fingerprint density at radius 3 is 2.55 bits per heavy atom. The lowest BCUT2D eigenvalue weighted by molar-refractivity contribution is 0.0923. The molecule has 1 aliphatic rings. The largest absolute Gasteiger partial charge is 0.451 e. The van der Waals surface area contributed by atoms with Crippen molar-refractivity contribution in [3.8, 4) is 0 Å². The van der Waals surface area contributed by atoms with Crippen LogP contribution in [0.15, 0.2) is 39.6 Å². The number of sulfonamides is 1. The van der Waals surface area contributed by atoms with E-state index in [1.807, 2.05) is 6.92 Å². The summed E-state index contributed by atoms with van der Waals surface area (Å²) in [5, 5.41) is 2.81. The van der Waals surface area contributed by atoms with Gasteiger partial charge in [-0.2, -0.15) is 4.31 Å². The number of benzene rings is 2. The monoisotopic (exact) mass is 480 g/mol. The first kappa shape index (κ1) is 23.3. The third kappa shape index (κ3) is 4.49. The van der Waals surface area contributed by atoms with Crippen molar-refractivity contribution in [3.63, 3.8) is 0 Å². The second kappa shape index (κ2) is 8.83. The quantitative estimate of drug-likeness (QED) is 0.583. The summed E-state index contributed by atoms with van der Waals surface area (Å²) in [4.78, 5) is 12.7. The Hall–Kier alpha value is -2.85. The molecule has 1 fully saturated rings. The first-order valence-corrected chi connectivity index (χ1v) is 12.0. The van der Waals surface area contributed by atoms with E-state index >= 15 is 0 Å². The van der Waals surface area contributed by atoms with Crippen LogP contribution in [-0.4, -0.2) is 31.7 Å². The van der Waals surface area contributed by atoms with Crippen molar-refractivity contribution in [1.82, 2.24) is 9.62 Å². The average Bonchev–Trinajstić information content (AvgIpc) is 3.09. The number of carbonyl (C=O) groups is 1. The molecule has 2 aromatic carbocycles. The number of aryl methyl sites for hydroxylation is 1. The zero-order valence-electron chi connectivity index (χ0n) is 18.1. The number of piperidine rings is 1. The first-order chi connectivity index (χ1) is 15.6. The molecule has 4 rings (SSSR count). The van der Waals surface area contributed by atoms with Crippen LogP contribution in [0.4, 0.5) is 13.2 Å². The molecule has 1 N–H and O–H groups in total. The van der Waals surface area contributed by atoms with Gasteiger partial charge in [-0.25, -0.2) is 21.6 Å². The number of hydrogen-bond donors (Lipinski definition) is 1. The minimum Gasteiger partial charge on any atom is -0.451 e. The van der Waals surface area contributed by atoms with Gasteiger partial charge in [-0.15, -0.1) is 0 Å². The van der Waals surface area contributed by atoms with Crippen LogP contribution in [0.1, 0.15) is 41.4 Å². The van der Waals surface area contributed by atoms with Gasteiger partial charge in [0.1, 0.15) is 23.0 Å². The fourth-order valence-corrected chi connectivity index (χ4v) is 5.71. The van der Waals surface area contributed by atoms with E-state index in [-0.39, 0.29) is 16.6 Å². The maximum atomic E-state index is 13.8. The summed E-state index contributed by atoms with van der Waals surface area (Å²) < 4.78 is 74.0. The Labute approximate surface area is 189 Å². The summed E-state index contributed by atoms with van der Waals surface area (Å²) >= 11 is 0. The Bertz CT molecular complexity index is 1310. The number of halogens is 3. The predicted molar refractivity (Wildman–Crippen MR) is 116 cm³/mol. The molecule has 33 heavy (non-hydrogen) atoms. The fourth-order valence-electron chi connectivity index (χ4n) is 4.08. The Morgan fingerprint density at radius 1 is 1.18 bits per heavy atom. The van der Waals surface area contributed by atoms with Gasteiger partial charge in [0, 0.05) is 48.3 Å². The van der Waals surface area contributed by atoms with E-state index in [0.717, 1.165) is 12.8 Å². The van der Waals surface area contributed by atoms with Gasteiger partial charge in [0.2, 0.25) is 10.0 Å². The van der Waals surface area contributed by atoms with Gasteiger partial charge in [0.25, 0.3) is 5.91 Å². The van der Waals surface area contributed by atoms with Gasteiger partial charge in [-0.05, 0) is 43.9 Å². The Morgan fingerprint density at radius 2 is 1.88 bits per heavy atom. The number of fused-ring (bicyclic) bond motifs is 1. The molecule has 10 heteroatoms. The zero-order valence-corrected chi connectivity index (χ0v) is 18.9. The van der Waals surface area contributed by atoms with E-state index in [2.05, 4.69) is 5.32 Å². The molecular formula is C23H23F3N2O4S. The van der Waals surface area contributed by atoms with Crippen LogP contribution >= 0.6 is 0 Å². The normalized spacial score (nSPS) is 17.4. The fraction of sp³-hybridized carbons (Fsp3) is 0.348. The van der Waals surface area contributed by atoms with Crippen molar-refractivity contribution in [3.05, 3.63) is 64.7 Å². The van der Waals surface area contributed by atoms with E-state index in [1.54, 1.807) is 6.92 Å². The SMILES string of the molecule is Cc1c(C(=O)NCc2c(F)cc(F)cc2F)oc2ccc(S(=O)(=O)N3CCC[C@H](C)C3)cc12. The lowest BCUT2D eigenvalue weighted by Gasteiger charge is -2.30. The number of furan rings is 1. The average molecular weight is 481 g/mol. The highest BCUT2D eigenvalue weighted by Gasteiger charge is 2.29. The van der Waals surface area contributed by atoms with Gasteiger partial charge in [0.05, 0.1) is 4.90 Å². The smallest absolute Gasteiger partial charge is 0.287 e. The highest BCUT2D eigenvalue weighted by atomic mass is 32.2. The van der Waals surface area contributed by atoms with E-state index in [9.17, 15) is 26.4 Å². The van der Waals surface area contributed by atoms with Crippen LogP contribution in [0.2, 0.25) is 0 Å². The number of amides is 1. The van der Waals surface area contributed by atoms with Gasteiger partial charge in [0.15, 0.2) is 5.76 Å². The van der Waals surface area contributed by atoms with Gasteiger partial charge in [-0.3, -0.25) is 4.79 Å². The highest BCUT2D eigenvalue weighted by Crippen LogP contribution is 2.30. The second-order valence-corrected chi connectivity index (χ2v) is 10.3. The molecule has 0 aliphatic carbocycles. The standard InChI is InChI=1S/C23H23F3N2O4S/c1-13-4-3-7-28(12-13)33(30,31)16-5-6-21-17(10-16)14(2)22(32-21)23(29)27-11-18-19(25)8-15(24)9-20(18)26/h5-6,8-10,13H,3-4,7,11-12H2,1-2H3,(H,27,29)/t13-/m0/s1. The molecule has 2 heterocycles. The Balaban J connectivity index is 1.59. The molecule has 0 saturated carbocycles. The molecule has 0 bridgehead atoms. The molecule has 1 aromatic heterocycles. The highest BCUT2D eigenvalue weighted by molar-refractivity contribution is 7.89. The molecule has 1 atom stereocenters. The number of nitrogens with zero attached hydrogens (tertiary/aromatic N) is 1. The molecule has 0 spiro atoms. The van der Waals surface area contributed by atoms with E-state index in [1.165, 1.54) is 22.5 Å². The van der Waals surface area contributed by atoms with Crippen molar-refractivity contribution in [2.45, 2.75) is 38.1 Å². The molecule has 1 saturated heterocycles. The van der Waals surface area contributed by atoms with Crippen LogP contribution in [0.25, 0.3) is 11.0 Å². The third-order valence-corrected chi connectivity index (χ3v) is 7.76. The number of rotatable bonds is 5. The maximum absolute atomic E-state index is 13.8. The summed E-state index contributed by atoms with van der Waals surface area (Å²) in [5.74, 6) is -3.85. The van der Waals surface area contributed by atoms with Gasteiger partial charge in [-0.1, -0.05) is 6.92 Å². The minimum atomic E-state index is -3.70. The van der Waals surface area contributed by atoms with Gasteiger partial charge >= 0.3 is 0 Å². The van der Waals surface area contributed by atoms with Crippen LogP contribution < -0.4 is 5.32 Å². The van der Waals surface area contributed by atoms with Crippen molar-refractivity contribution in [2.24, 2.45) is 5.92 Å². The van der Waals surface area contributed by atoms with E-state index < -0.39 is 45.5 Å². The summed E-state index contributed by atoms with van der Waals surface area (Å²) in [6, 6.07) is 5.45. The molecule has 6 nitrogen and oxygen atoms in total. The second-order valence-electron chi connectivity index (χ2n) is 8.36. The lowest BCUT2D eigenvalue weighted by atomic mass is 10.0. The molecule has 1 amide bonds. The Kier molecular flexibility index (Phi) is 6.24. The van der Waals surface area contributed by atoms with E-state index in [0.29, 0.717) is 41.8 Å². The van der Waals surface area contributed by atoms with Crippen LogP contribution in [0.3, 0.4) is 0 Å². The first-order valence-electron chi connectivity index (χ1n) is 10.5. The van der Waals surface area contributed by atoms with Crippen LogP contribution in [0, 0.1) is 30.3 Å². The number of hydrogen-bond acceptors (Lipinski definition) is 4. The summed E-state index contributed by atoms with van der Waals surface area (Å²) in [5.41, 5.74) is 0.219. The predicted octanol–water partition coefficient (Wildman–Crippen LogP) is 4.51. The summed E-state index contributed by atoms with van der Waals surface area (Å²) in [6.07, 6.45) is 1.78. The minimum absolute atomic E-state index is 0.103. The van der Waals surface area contributed by atoms with Gasteiger partial charge < -0.3 is 9.73 Å². The lowest BCUT2D eigenvalue weighted by Crippen LogP contribution is -2.39. The van der Waals surface area contributed by atoms with Crippen molar-refractivity contribution in [2.75, 3.05) is 13.1 Å². The van der Waals surface area contributed by atoms with Crippen LogP contribution in [-0.2, 0) is 16.6 Å². The topological polar surface area (TPSA) is 79.6 Å². The van der Waals surface area contributed by atoms with E-state index in [4.69, 9.17) is 4.42 Å². The zero-order chi connectivity index (χ0) is 23.9. The molecule has 3 aromatic rings. The molecule has 0 radical (unpaired) electrons. The molecule has 176 valence electrons. The maximum Gasteiger partial charge on any atom is 0.287 e. The van der Waals surface area contributed by atoms with Crippen LogP contribution in [0.5, 0.6) is 0 Å². The molecular weight excluding hydrogens is 457 g/mol.